The van der Waals surface area contributed by atoms with Crippen molar-refractivity contribution in [1.82, 2.24) is 0 Å². The smallest absolute Gasteiger partial charge is 0.340 e. The molecule has 232 valence electrons. The van der Waals surface area contributed by atoms with Gasteiger partial charge in [0.05, 0.1) is 11.7 Å². The molecule has 4 nitrogen and oxygen atoms in total. The van der Waals surface area contributed by atoms with Crippen molar-refractivity contribution in [1.29, 1.82) is 0 Å². The summed E-state index contributed by atoms with van der Waals surface area (Å²) < 4.78 is 25.3. The first-order valence-corrected chi connectivity index (χ1v) is 16.6. The molecule has 2 aromatic rings. The first-order chi connectivity index (χ1) is 20.4. The lowest BCUT2D eigenvalue weighted by molar-refractivity contribution is -0.157. The van der Waals surface area contributed by atoms with Crippen LogP contribution in [0.2, 0.25) is 0 Å². The molecule has 1 fully saturated rings. The second kappa shape index (κ2) is 18.8. The zero-order chi connectivity index (χ0) is 30.2. The Morgan fingerprint density at radius 3 is 1.95 bits per heavy atom. The second-order valence-corrected chi connectivity index (χ2v) is 12.3. The molecule has 1 saturated carbocycles. The molecule has 1 aliphatic carbocycles. The van der Waals surface area contributed by atoms with Crippen molar-refractivity contribution in [2.75, 3.05) is 0 Å². The van der Waals surface area contributed by atoms with Crippen molar-refractivity contribution in [2.24, 2.45) is 5.92 Å². The SMILES string of the molecule is CCCCCC[C@@H](C)OC(=O)c1ccc(-c2ccc(CCC3CCC(OC(=O)[C@@H](F)CCCCCC)CC3)cc2)cc1. The number of halogens is 1. The number of carbonyl (C=O) groups is 2. The van der Waals surface area contributed by atoms with E-state index in [9.17, 15) is 14.0 Å². The fraction of sp³-hybridized carbons (Fsp3) is 0.622. The average Bonchev–Trinajstić information content (AvgIpc) is 3.01. The topological polar surface area (TPSA) is 52.6 Å². The Bertz CT molecular complexity index is 1040. The molecule has 0 aromatic heterocycles. The van der Waals surface area contributed by atoms with Crippen LogP contribution < -0.4 is 0 Å². The van der Waals surface area contributed by atoms with Crippen molar-refractivity contribution in [3.63, 3.8) is 0 Å². The van der Waals surface area contributed by atoms with Crippen LogP contribution in [0.15, 0.2) is 48.5 Å². The summed E-state index contributed by atoms with van der Waals surface area (Å²) in [4.78, 5) is 24.6. The van der Waals surface area contributed by atoms with Gasteiger partial charge in [-0.1, -0.05) is 88.8 Å². The van der Waals surface area contributed by atoms with Gasteiger partial charge < -0.3 is 9.47 Å². The maximum Gasteiger partial charge on any atom is 0.340 e. The monoisotopic (exact) mass is 580 g/mol. The maximum atomic E-state index is 14.2. The van der Waals surface area contributed by atoms with Gasteiger partial charge in [0.2, 0.25) is 0 Å². The standard InChI is InChI=1S/C37H53FO4/c1-4-6-8-10-12-28(3)41-36(39)33-24-22-32(23-25-33)31-20-16-29(17-21-31)14-15-30-18-26-34(27-19-30)42-37(40)35(38)13-11-9-7-5-2/h16-17,20-25,28,30,34-35H,4-15,18-19,26-27H2,1-3H3/t28-,30?,34?,35+/m1/s1. The minimum absolute atomic E-state index is 0.0619. The summed E-state index contributed by atoms with van der Waals surface area (Å²) in [6.07, 6.45) is 14.0. The van der Waals surface area contributed by atoms with Gasteiger partial charge >= 0.3 is 11.9 Å². The van der Waals surface area contributed by atoms with Gasteiger partial charge in [0, 0.05) is 0 Å². The molecule has 0 unspecified atom stereocenters. The van der Waals surface area contributed by atoms with E-state index in [1.54, 1.807) is 0 Å². The van der Waals surface area contributed by atoms with E-state index in [1.165, 1.54) is 24.8 Å². The third-order valence-corrected chi connectivity index (χ3v) is 8.67. The number of alkyl halides is 1. The first kappa shape index (κ1) is 33.8. The van der Waals surface area contributed by atoms with E-state index in [0.29, 0.717) is 11.5 Å². The van der Waals surface area contributed by atoms with E-state index in [0.717, 1.165) is 88.2 Å². The van der Waals surface area contributed by atoms with Crippen molar-refractivity contribution < 1.29 is 23.5 Å². The highest BCUT2D eigenvalue weighted by atomic mass is 19.1. The number of carbonyl (C=O) groups excluding carboxylic acids is 2. The summed E-state index contributed by atoms with van der Waals surface area (Å²) in [5.41, 5.74) is 4.10. The summed E-state index contributed by atoms with van der Waals surface area (Å²) >= 11 is 0. The first-order valence-electron chi connectivity index (χ1n) is 16.6. The van der Waals surface area contributed by atoms with Crippen molar-refractivity contribution >= 4 is 11.9 Å². The molecular formula is C37H53FO4. The maximum absolute atomic E-state index is 14.2. The molecule has 0 saturated heterocycles. The summed E-state index contributed by atoms with van der Waals surface area (Å²) in [7, 11) is 0. The third kappa shape index (κ3) is 11.9. The number of esters is 2. The van der Waals surface area contributed by atoms with Crippen LogP contribution in [0.3, 0.4) is 0 Å². The summed E-state index contributed by atoms with van der Waals surface area (Å²) in [5.74, 6) is -0.301. The molecule has 0 heterocycles. The van der Waals surface area contributed by atoms with Crippen molar-refractivity contribution in [3.05, 3.63) is 59.7 Å². The lowest BCUT2D eigenvalue weighted by Gasteiger charge is -2.28. The van der Waals surface area contributed by atoms with Crippen LogP contribution in [-0.2, 0) is 20.7 Å². The van der Waals surface area contributed by atoms with Crippen LogP contribution in [0.4, 0.5) is 4.39 Å². The van der Waals surface area contributed by atoms with E-state index < -0.39 is 12.1 Å². The molecule has 2 aromatic carbocycles. The molecule has 2 atom stereocenters. The third-order valence-electron chi connectivity index (χ3n) is 8.67. The van der Waals surface area contributed by atoms with E-state index in [4.69, 9.17) is 9.47 Å². The molecule has 0 N–H and O–H groups in total. The van der Waals surface area contributed by atoms with Gasteiger partial charge in [-0.15, -0.1) is 0 Å². The van der Waals surface area contributed by atoms with Crippen molar-refractivity contribution in [3.8, 4) is 11.1 Å². The lowest BCUT2D eigenvalue weighted by Crippen LogP contribution is -2.29. The minimum Gasteiger partial charge on any atom is -0.460 e. The molecule has 0 amide bonds. The predicted molar refractivity (Wildman–Crippen MR) is 169 cm³/mol. The van der Waals surface area contributed by atoms with Gasteiger partial charge in [-0.05, 0) is 106 Å². The molecule has 1 aliphatic rings. The summed E-state index contributed by atoms with van der Waals surface area (Å²) in [6.45, 7) is 6.29. The number of rotatable bonds is 18. The quantitative estimate of drug-likeness (QED) is 0.130. The number of benzene rings is 2. The van der Waals surface area contributed by atoms with Crippen LogP contribution in [0.1, 0.15) is 133 Å². The zero-order valence-electron chi connectivity index (χ0n) is 26.3. The van der Waals surface area contributed by atoms with Gasteiger partial charge in [-0.2, -0.15) is 0 Å². The van der Waals surface area contributed by atoms with E-state index in [2.05, 4.69) is 38.1 Å². The van der Waals surface area contributed by atoms with E-state index in [1.807, 2.05) is 31.2 Å². The molecule has 5 heteroatoms. The number of aryl methyl sites for hydroxylation is 1. The Morgan fingerprint density at radius 1 is 0.786 bits per heavy atom. The summed E-state index contributed by atoms with van der Waals surface area (Å²) in [6, 6.07) is 16.3. The molecule has 0 radical (unpaired) electrons. The van der Waals surface area contributed by atoms with E-state index in [-0.39, 0.29) is 24.6 Å². The molecule has 3 rings (SSSR count). The fourth-order valence-corrected chi connectivity index (χ4v) is 5.85. The van der Waals surface area contributed by atoms with Crippen LogP contribution in [-0.4, -0.2) is 30.3 Å². The van der Waals surface area contributed by atoms with Crippen molar-refractivity contribution in [2.45, 2.75) is 142 Å². The molecular weight excluding hydrogens is 527 g/mol. The Hall–Kier alpha value is -2.69. The fourth-order valence-electron chi connectivity index (χ4n) is 5.85. The zero-order valence-corrected chi connectivity index (χ0v) is 26.3. The number of unbranched alkanes of at least 4 members (excludes halogenated alkanes) is 6. The van der Waals surface area contributed by atoms with Gasteiger partial charge in [-0.3, -0.25) is 0 Å². The second-order valence-electron chi connectivity index (χ2n) is 12.3. The van der Waals surface area contributed by atoms with Gasteiger partial charge in [-0.25, -0.2) is 14.0 Å². The lowest BCUT2D eigenvalue weighted by atomic mass is 9.83. The van der Waals surface area contributed by atoms with Crippen LogP contribution in [0, 0.1) is 5.92 Å². The Labute approximate surface area is 253 Å². The molecule has 0 bridgehead atoms. The Morgan fingerprint density at radius 2 is 1.36 bits per heavy atom. The number of hydrogen-bond donors (Lipinski definition) is 0. The predicted octanol–water partition coefficient (Wildman–Crippen LogP) is 10.2. The number of ether oxygens (including phenoxy) is 2. The Kier molecular flexibility index (Phi) is 15.1. The number of hydrogen-bond acceptors (Lipinski definition) is 4. The van der Waals surface area contributed by atoms with Gasteiger partial charge in [0.15, 0.2) is 6.17 Å². The molecule has 0 aliphatic heterocycles. The largest absolute Gasteiger partial charge is 0.460 e. The average molecular weight is 581 g/mol. The minimum atomic E-state index is -1.48. The highest BCUT2D eigenvalue weighted by Crippen LogP contribution is 2.30. The highest BCUT2D eigenvalue weighted by Gasteiger charge is 2.27. The highest BCUT2D eigenvalue weighted by molar-refractivity contribution is 5.90. The van der Waals surface area contributed by atoms with E-state index >= 15 is 0 Å². The molecule has 42 heavy (non-hydrogen) atoms. The van der Waals surface area contributed by atoms with Crippen LogP contribution in [0.5, 0.6) is 0 Å². The Balaban J connectivity index is 1.36. The summed E-state index contributed by atoms with van der Waals surface area (Å²) in [5, 5.41) is 0. The normalized spacial score (nSPS) is 18.3. The van der Waals surface area contributed by atoms with Gasteiger partial charge in [0.25, 0.3) is 0 Å². The van der Waals surface area contributed by atoms with Crippen LogP contribution in [0.25, 0.3) is 11.1 Å². The van der Waals surface area contributed by atoms with Crippen LogP contribution >= 0.6 is 0 Å². The molecule has 0 spiro atoms. The van der Waals surface area contributed by atoms with Gasteiger partial charge in [0.1, 0.15) is 6.10 Å².